The number of nitrogens with zero attached hydrogens (tertiary/aromatic N) is 4. The summed E-state index contributed by atoms with van der Waals surface area (Å²) >= 11 is 0. The Labute approximate surface area is 142 Å². The Hall–Kier alpha value is -1.79. The van der Waals surface area contributed by atoms with E-state index < -0.39 is 5.60 Å². The van der Waals surface area contributed by atoms with Gasteiger partial charge in [-0.05, 0) is 63.4 Å². The number of benzene rings is 1. The lowest BCUT2D eigenvalue weighted by atomic mass is 9.89. The lowest BCUT2D eigenvalue weighted by Crippen LogP contribution is -2.46. The lowest BCUT2D eigenvalue weighted by Gasteiger charge is -2.38. The molecule has 0 saturated carbocycles. The molecular weight excluding hydrogens is 307 g/mol. The second-order valence-electron chi connectivity index (χ2n) is 7.09. The maximum Gasteiger partial charge on any atom is 0.123 e. The number of likely N-dealkylation sites (tertiary alicyclic amines) is 1. The Morgan fingerprint density at radius 3 is 2.83 bits per heavy atom. The van der Waals surface area contributed by atoms with Crippen LogP contribution >= 0.6 is 0 Å². The van der Waals surface area contributed by atoms with Gasteiger partial charge in [-0.3, -0.25) is 4.90 Å². The third kappa shape index (κ3) is 3.49. The SMILES string of the molecule is Cc1cc(F)ccc1CN1CCCC(O)(c2cn(C(C)C)nn2)C1. The molecule has 0 amide bonds. The third-order valence-electron chi connectivity index (χ3n) is 4.76. The molecule has 1 aromatic heterocycles. The van der Waals surface area contributed by atoms with Crippen molar-refractivity contribution < 1.29 is 9.50 Å². The highest BCUT2D eigenvalue weighted by Gasteiger charge is 2.37. The number of piperidine rings is 1. The second-order valence-corrected chi connectivity index (χ2v) is 7.09. The minimum Gasteiger partial charge on any atom is -0.382 e. The van der Waals surface area contributed by atoms with E-state index in [0.29, 0.717) is 25.2 Å². The molecule has 1 aliphatic rings. The summed E-state index contributed by atoms with van der Waals surface area (Å²) in [6.45, 7) is 8.12. The van der Waals surface area contributed by atoms with Gasteiger partial charge >= 0.3 is 0 Å². The van der Waals surface area contributed by atoms with Crippen LogP contribution in [-0.4, -0.2) is 38.1 Å². The van der Waals surface area contributed by atoms with Crippen molar-refractivity contribution in [1.29, 1.82) is 0 Å². The molecule has 0 aliphatic carbocycles. The lowest BCUT2D eigenvalue weighted by molar-refractivity contribution is -0.0415. The maximum absolute atomic E-state index is 13.3. The van der Waals surface area contributed by atoms with Crippen LogP contribution in [-0.2, 0) is 12.1 Å². The highest BCUT2D eigenvalue weighted by molar-refractivity contribution is 5.26. The van der Waals surface area contributed by atoms with Crippen LogP contribution in [0.4, 0.5) is 4.39 Å². The Kier molecular flexibility index (Phi) is 4.69. The van der Waals surface area contributed by atoms with E-state index in [1.54, 1.807) is 10.7 Å². The summed E-state index contributed by atoms with van der Waals surface area (Å²) in [5, 5.41) is 19.4. The minimum atomic E-state index is -0.973. The van der Waals surface area contributed by atoms with E-state index in [-0.39, 0.29) is 11.9 Å². The molecule has 1 atom stereocenters. The fraction of sp³-hybridized carbons (Fsp3) is 0.556. The fourth-order valence-electron chi connectivity index (χ4n) is 3.29. The first kappa shape index (κ1) is 17.0. The standard InChI is InChI=1S/C18H25FN4O/c1-13(2)23-11-17(20-21-23)18(24)7-4-8-22(12-18)10-15-5-6-16(19)9-14(15)3/h5-6,9,11,13,24H,4,7-8,10,12H2,1-3H3. The molecule has 130 valence electrons. The molecule has 2 heterocycles. The van der Waals surface area contributed by atoms with E-state index >= 15 is 0 Å². The van der Waals surface area contributed by atoms with E-state index in [2.05, 4.69) is 15.2 Å². The number of rotatable bonds is 4. The van der Waals surface area contributed by atoms with Gasteiger partial charge in [0.15, 0.2) is 0 Å². The number of hydrogen-bond donors (Lipinski definition) is 1. The van der Waals surface area contributed by atoms with E-state index in [9.17, 15) is 9.50 Å². The molecular formula is C18H25FN4O. The summed E-state index contributed by atoms with van der Waals surface area (Å²) in [6.07, 6.45) is 3.42. The van der Waals surface area contributed by atoms with Gasteiger partial charge in [0.1, 0.15) is 17.1 Å². The summed E-state index contributed by atoms with van der Waals surface area (Å²) < 4.78 is 15.0. The number of β-amino-alcohol motifs (C(OH)–C–C–N with tert-alkyl or cyclic N) is 1. The predicted octanol–water partition coefficient (Wildman–Crippen LogP) is 2.79. The van der Waals surface area contributed by atoms with Gasteiger partial charge in [0.05, 0.1) is 6.20 Å². The normalized spacial score (nSPS) is 22.2. The molecule has 5 nitrogen and oxygen atoms in total. The number of aromatic nitrogens is 3. The van der Waals surface area contributed by atoms with E-state index in [0.717, 1.165) is 24.1 Å². The second kappa shape index (κ2) is 6.61. The van der Waals surface area contributed by atoms with E-state index in [1.165, 1.54) is 6.07 Å². The monoisotopic (exact) mass is 332 g/mol. The first-order chi connectivity index (χ1) is 11.4. The van der Waals surface area contributed by atoms with Gasteiger partial charge in [-0.1, -0.05) is 11.3 Å². The molecule has 1 aliphatic heterocycles. The van der Waals surface area contributed by atoms with Gasteiger partial charge < -0.3 is 5.11 Å². The van der Waals surface area contributed by atoms with E-state index in [1.807, 2.05) is 33.0 Å². The quantitative estimate of drug-likeness (QED) is 0.935. The molecule has 24 heavy (non-hydrogen) atoms. The zero-order valence-electron chi connectivity index (χ0n) is 14.5. The van der Waals surface area contributed by atoms with Crippen molar-refractivity contribution in [2.75, 3.05) is 13.1 Å². The van der Waals surface area contributed by atoms with Crippen molar-refractivity contribution >= 4 is 0 Å². The fourth-order valence-corrected chi connectivity index (χ4v) is 3.29. The molecule has 1 saturated heterocycles. The topological polar surface area (TPSA) is 54.2 Å². The molecule has 3 rings (SSSR count). The summed E-state index contributed by atoms with van der Waals surface area (Å²) in [6, 6.07) is 5.09. The van der Waals surface area contributed by atoms with Crippen LogP contribution in [0.25, 0.3) is 0 Å². The summed E-state index contributed by atoms with van der Waals surface area (Å²) in [5.41, 5.74) is 1.69. The van der Waals surface area contributed by atoms with E-state index in [4.69, 9.17) is 0 Å². The first-order valence-corrected chi connectivity index (χ1v) is 8.49. The summed E-state index contributed by atoms with van der Waals surface area (Å²) in [7, 11) is 0. The number of halogens is 1. The Morgan fingerprint density at radius 2 is 2.17 bits per heavy atom. The zero-order valence-corrected chi connectivity index (χ0v) is 14.5. The van der Waals surface area contributed by atoms with Crippen LogP contribution in [0.5, 0.6) is 0 Å². The number of hydrogen-bond acceptors (Lipinski definition) is 4. The summed E-state index contributed by atoms with van der Waals surface area (Å²) in [4.78, 5) is 2.21. The first-order valence-electron chi connectivity index (χ1n) is 8.49. The summed E-state index contributed by atoms with van der Waals surface area (Å²) in [5.74, 6) is -0.211. The average Bonchev–Trinajstić information content (AvgIpc) is 3.01. The van der Waals surface area contributed by atoms with Crippen LogP contribution in [0.2, 0.25) is 0 Å². The van der Waals surface area contributed by atoms with Crippen molar-refractivity contribution in [3.8, 4) is 0 Å². The van der Waals surface area contributed by atoms with Gasteiger partial charge in [0, 0.05) is 19.1 Å². The molecule has 0 bridgehead atoms. The Balaban J connectivity index is 1.75. The smallest absolute Gasteiger partial charge is 0.123 e. The molecule has 6 heteroatoms. The van der Waals surface area contributed by atoms with Gasteiger partial charge in [0.25, 0.3) is 0 Å². The van der Waals surface area contributed by atoms with Gasteiger partial charge in [-0.25, -0.2) is 9.07 Å². The predicted molar refractivity (Wildman–Crippen MR) is 90.0 cm³/mol. The zero-order chi connectivity index (χ0) is 17.3. The third-order valence-corrected chi connectivity index (χ3v) is 4.76. The van der Waals surface area contributed by atoms with Crippen LogP contribution in [0.1, 0.15) is 49.6 Å². The molecule has 0 radical (unpaired) electrons. The van der Waals surface area contributed by atoms with Crippen molar-refractivity contribution in [2.24, 2.45) is 0 Å². The van der Waals surface area contributed by atoms with Crippen molar-refractivity contribution in [3.63, 3.8) is 0 Å². The van der Waals surface area contributed by atoms with Gasteiger partial charge in [-0.2, -0.15) is 0 Å². The average molecular weight is 332 g/mol. The highest BCUT2D eigenvalue weighted by Crippen LogP contribution is 2.31. The van der Waals surface area contributed by atoms with Gasteiger partial charge in [-0.15, -0.1) is 5.10 Å². The minimum absolute atomic E-state index is 0.211. The Morgan fingerprint density at radius 1 is 1.38 bits per heavy atom. The molecule has 0 spiro atoms. The molecule has 2 aromatic rings. The molecule has 1 aromatic carbocycles. The molecule has 1 unspecified atom stereocenters. The van der Waals surface area contributed by atoms with Crippen molar-refractivity contribution in [3.05, 3.63) is 47.0 Å². The van der Waals surface area contributed by atoms with Crippen molar-refractivity contribution in [2.45, 2.75) is 51.8 Å². The van der Waals surface area contributed by atoms with Crippen LogP contribution in [0, 0.1) is 12.7 Å². The van der Waals surface area contributed by atoms with Crippen LogP contribution in [0.3, 0.4) is 0 Å². The highest BCUT2D eigenvalue weighted by atomic mass is 19.1. The van der Waals surface area contributed by atoms with Gasteiger partial charge in [0.2, 0.25) is 0 Å². The Bertz CT molecular complexity index is 715. The van der Waals surface area contributed by atoms with Crippen LogP contribution < -0.4 is 0 Å². The number of aryl methyl sites for hydroxylation is 1. The van der Waals surface area contributed by atoms with Crippen LogP contribution in [0.15, 0.2) is 24.4 Å². The largest absolute Gasteiger partial charge is 0.382 e. The molecule has 1 fully saturated rings. The maximum atomic E-state index is 13.3. The molecule has 1 N–H and O–H groups in total. The number of aliphatic hydroxyl groups is 1. The van der Waals surface area contributed by atoms with Crippen molar-refractivity contribution in [1.82, 2.24) is 19.9 Å².